The largest absolute Gasteiger partial charge is 0.342 e. The Labute approximate surface area is 122 Å². The molecule has 2 rings (SSSR count). The number of hydrogen-bond donors (Lipinski definition) is 1. The van der Waals surface area contributed by atoms with Gasteiger partial charge in [0.2, 0.25) is 5.91 Å². The molecule has 1 aliphatic rings. The maximum atomic E-state index is 12.6. The number of rotatable bonds is 3. The molecule has 1 heterocycles. The van der Waals surface area contributed by atoms with Gasteiger partial charge in [0, 0.05) is 19.1 Å². The normalized spacial score (nSPS) is 21.3. The Hall–Kier alpha value is -1.35. The lowest BCUT2D eigenvalue weighted by atomic mass is 9.83. The second-order valence-electron chi connectivity index (χ2n) is 6.75. The number of nitrogens with two attached hydrogens (primary N) is 1. The number of piperidine rings is 1. The van der Waals surface area contributed by atoms with Crippen LogP contribution >= 0.6 is 0 Å². The number of hydrogen-bond acceptors (Lipinski definition) is 2. The van der Waals surface area contributed by atoms with E-state index < -0.39 is 0 Å². The second-order valence-corrected chi connectivity index (χ2v) is 6.75. The van der Waals surface area contributed by atoms with Crippen LogP contribution in [0.3, 0.4) is 0 Å². The number of carbonyl (C=O) groups is 1. The van der Waals surface area contributed by atoms with E-state index in [2.05, 4.69) is 13.8 Å². The van der Waals surface area contributed by atoms with Crippen molar-refractivity contribution in [2.45, 2.75) is 39.7 Å². The highest BCUT2D eigenvalue weighted by Gasteiger charge is 2.33. The van der Waals surface area contributed by atoms with E-state index in [1.807, 2.05) is 42.2 Å². The predicted octanol–water partition coefficient (Wildman–Crippen LogP) is 2.97. The smallest absolute Gasteiger partial charge is 0.227 e. The van der Waals surface area contributed by atoms with E-state index in [0.29, 0.717) is 0 Å². The molecule has 0 aliphatic carbocycles. The summed E-state index contributed by atoms with van der Waals surface area (Å²) in [6.07, 6.45) is 2.28. The van der Waals surface area contributed by atoms with Crippen LogP contribution in [0, 0.1) is 11.3 Å². The van der Waals surface area contributed by atoms with Crippen LogP contribution in [0.25, 0.3) is 0 Å². The minimum absolute atomic E-state index is 0.175. The summed E-state index contributed by atoms with van der Waals surface area (Å²) >= 11 is 0. The molecule has 1 saturated heterocycles. The van der Waals surface area contributed by atoms with Crippen LogP contribution in [0.1, 0.15) is 45.2 Å². The van der Waals surface area contributed by atoms with Gasteiger partial charge < -0.3 is 10.6 Å². The molecule has 110 valence electrons. The van der Waals surface area contributed by atoms with Gasteiger partial charge in [0.05, 0.1) is 5.92 Å². The van der Waals surface area contributed by atoms with Crippen molar-refractivity contribution in [2.75, 3.05) is 13.1 Å². The third-order valence-corrected chi connectivity index (χ3v) is 4.32. The van der Waals surface area contributed by atoms with E-state index in [1.54, 1.807) is 0 Å². The molecule has 0 spiro atoms. The SMILES string of the molecule is CC(C(=O)N1CCCC(C)(C)C1)C(N)c1ccccc1. The Kier molecular flexibility index (Phi) is 4.48. The van der Waals surface area contributed by atoms with Crippen LogP contribution in [0.4, 0.5) is 0 Å². The topological polar surface area (TPSA) is 46.3 Å². The first-order valence-electron chi connectivity index (χ1n) is 7.50. The molecule has 1 amide bonds. The van der Waals surface area contributed by atoms with Crippen LogP contribution in [0.15, 0.2) is 30.3 Å². The molecule has 2 N–H and O–H groups in total. The highest BCUT2D eigenvalue weighted by Crippen LogP contribution is 2.30. The monoisotopic (exact) mass is 274 g/mol. The Morgan fingerprint density at radius 3 is 2.55 bits per heavy atom. The molecular weight excluding hydrogens is 248 g/mol. The third kappa shape index (κ3) is 3.40. The minimum Gasteiger partial charge on any atom is -0.342 e. The first-order valence-corrected chi connectivity index (χ1v) is 7.50. The quantitative estimate of drug-likeness (QED) is 0.921. The highest BCUT2D eigenvalue weighted by atomic mass is 16.2. The zero-order valence-electron chi connectivity index (χ0n) is 12.8. The lowest BCUT2D eigenvalue weighted by molar-refractivity contribution is -0.138. The van der Waals surface area contributed by atoms with Crippen molar-refractivity contribution in [1.29, 1.82) is 0 Å². The van der Waals surface area contributed by atoms with E-state index >= 15 is 0 Å². The molecular formula is C17H26N2O. The fourth-order valence-electron chi connectivity index (χ4n) is 3.02. The van der Waals surface area contributed by atoms with Crippen molar-refractivity contribution in [3.63, 3.8) is 0 Å². The molecule has 1 aliphatic heterocycles. The minimum atomic E-state index is -0.228. The Morgan fingerprint density at radius 1 is 1.30 bits per heavy atom. The van der Waals surface area contributed by atoms with Gasteiger partial charge in [0.1, 0.15) is 0 Å². The fraction of sp³-hybridized carbons (Fsp3) is 0.588. The maximum absolute atomic E-state index is 12.6. The summed E-state index contributed by atoms with van der Waals surface area (Å²) in [5.41, 5.74) is 7.52. The predicted molar refractivity (Wildman–Crippen MR) is 82.1 cm³/mol. The van der Waals surface area contributed by atoms with Crippen LogP contribution in [0.5, 0.6) is 0 Å². The van der Waals surface area contributed by atoms with Gasteiger partial charge in [-0.15, -0.1) is 0 Å². The molecule has 0 bridgehead atoms. The van der Waals surface area contributed by atoms with Gasteiger partial charge in [-0.25, -0.2) is 0 Å². The van der Waals surface area contributed by atoms with Crippen molar-refractivity contribution < 1.29 is 4.79 Å². The molecule has 3 heteroatoms. The molecule has 1 aromatic rings. The number of nitrogens with zero attached hydrogens (tertiary/aromatic N) is 1. The fourth-order valence-corrected chi connectivity index (χ4v) is 3.02. The van der Waals surface area contributed by atoms with Crippen LogP contribution in [-0.2, 0) is 4.79 Å². The van der Waals surface area contributed by atoms with Gasteiger partial charge in [0.25, 0.3) is 0 Å². The average Bonchev–Trinajstić information content (AvgIpc) is 2.45. The van der Waals surface area contributed by atoms with Gasteiger partial charge >= 0.3 is 0 Å². The van der Waals surface area contributed by atoms with Gasteiger partial charge in [0.15, 0.2) is 0 Å². The van der Waals surface area contributed by atoms with Crippen molar-refractivity contribution in [3.05, 3.63) is 35.9 Å². The Balaban J connectivity index is 2.05. The number of likely N-dealkylation sites (tertiary alicyclic amines) is 1. The van der Waals surface area contributed by atoms with Crippen LogP contribution in [0.2, 0.25) is 0 Å². The summed E-state index contributed by atoms with van der Waals surface area (Å²) in [5, 5.41) is 0. The van der Waals surface area contributed by atoms with Gasteiger partial charge in [-0.05, 0) is 23.8 Å². The van der Waals surface area contributed by atoms with Gasteiger partial charge in [-0.1, -0.05) is 51.1 Å². The molecule has 20 heavy (non-hydrogen) atoms. The van der Waals surface area contributed by atoms with E-state index in [9.17, 15) is 4.79 Å². The molecule has 3 nitrogen and oxygen atoms in total. The van der Waals surface area contributed by atoms with Crippen molar-refractivity contribution in [3.8, 4) is 0 Å². The zero-order chi connectivity index (χ0) is 14.8. The maximum Gasteiger partial charge on any atom is 0.227 e. The zero-order valence-corrected chi connectivity index (χ0v) is 12.8. The lowest BCUT2D eigenvalue weighted by Crippen LogP contribution is -2.47. The first kappa shape index (κ1) is 15.0. The second kappa shape index (κ2) is 5.96. The summed E-state index contributed by atoms with van der Waals surface area (Å²) < 4.78 is 0. The lowest BCUT2D eigenvalue weighted by Gasteiger charge is -2.39. The van der Waals surface area contributed by atoms with Crippen molar-refractivity contribution in [1.82, 2.24) is 4.90 Å². The molecule has 2 unspecified atom stereocenters. The molecule has 0 radical (unpaired) electrons. The standard InChI is InChI=1S/C17H26N2O/c1-13(15(18)14-8-5-4-6-9-14)16(20)19-11-7-10-17(2,3)12-19/h4-6,8-9,13,15H,7,10-12,18H2,1-3H3. The summed E-state index contributed by atoms with van der Waals surface area (Å²) in [4.78, 5) is 14.6. The van der Waals surface area contributed by atoms with Crippen molar-refractivity contribution in [2.24, 2.45) is 17.1 Å². The molecule has 0 aromatic heterocycles. The molecule has 0 saturated carbocycles. The van der Waals surface area contributed by atoms with E-state index in [1.165, 1.54) is 6.42 Å². The highest BCUT2D eigenvalue weighted by molar-refractivity contribution is 5.79. The van der Waals surface area contributed by atoms with E-state index in [-0.39, 0.29) is 23.3 Å². The first-order chi connectivity index (χ1) is 9.41. The summed E-state index contributed by atoms with van der Waals surface area (Å²) in [7, 11) is 0. The van der Waals surface area contributed by atoms with Gasteiger partial charge in [-0.2, -0.15) is 0 Å². The molecule has 1 fully saturated rings. The van der Waals surface area contributed by atoms with Crippen LogP contribution in [-0.4, -0.2) is 23.9 Å². The van der Waals surface area contributed by atoms with E-state index in [0.717, 1.165) is 25.1 Å². The third-order valence-electron chi connectivity index (χ3n) is 4.32. The van der Waals surface area contributed by atoms with E-state index in [4.69, 9.17) is 5.73 Å². The number of carbonyl (C=O) groups excluding carboxylic acids is 1. The van der Waals surface area contributed by atoms with Gasteiger partial charge in [-0.3, -0.25) is 4.79 Å². The molecule has 1 aromatic carbocycles. The summed E-state index contributed by atoms with van der Waals surface area (Å²) in [6.45, 7) is 8.12. The van der Waals surface area contributed by atoms with Crippen LogP contribution < -0.4 is 5.73 Å². The van der Waals surface area contributed by atoms with Crippen molar-refractivity contribution >= 4 is 5.91 Å². The molecule has 2 atom stereocenters. The summed E-state index contributed by atoms with van der Waals surface area (Å²) in [5.74, 6) is 0.0143. The number of benzene rings is 1. The average molecular weight is 274 g/mol. The Bertz CT molecular complexity index is 455. The number of amides is 1. The Morgan fingerprint density at radius 2 is 1.95 bits per heavy atom. The summed E-state index contributed by atoms with van der Waals surface area (Å²) in [6, 6.07) is 9.67.